The summed E-state index contributed by atoms with van der Waals surface area (Å²) in [4.78, 5) is 25.9. The molecule has 3 rings (SSSR count). The molecule has 0 spiro atoms. The van der Waals surface area contributed by atoms with Crippen LogP contribution in [0.4, 0.5) is 9.93 Å². The van der Waals surface area contributed by atoms with Crippen molar-refractivity contribution in [2.45, 2.75) is 81.1 Å². The number of nitrogens with zero attached hydrogens (tertiary/aromatic N) is 3. The molecule has 9 heteroatoms. The molecule has 2 aliphatic carbocycles. The molecule has 1 aromatic heterocycles. The van der Waals surface area contributed by atoms with Gasteiger partial charge in [-0.05, 0) is 44.4 Å². The summed E-state index contributed by atoms with van der Waals surface area (Å²) < 4.78 is 0.559. The number of aromatic nitrogens is 2. The molecule has 0 aliphatic heterocycles. The molecule has 1 aromatic rings. The van der Waals surface area contributed by atoms with Crippen molar-refractivity contribution in [1.29, 1.82) is 0 Å². The number of amides is 2. The Bertz CT molecular complexity index is 640. The largest absolute Gasteiger partial charge is 0.481 e. The molecule has 1 heterocycles. The maximum Gasteiger partial charge on any atom is 0.324 e. The van der Waals surface area contributed by atoms with Gasteiger partial charge < -0.3 is 10.0 Å². The molecule has 0 aromatic carbocycles. The van der Waals surface area contributed by atoms with E-state index in [9.17, 15) is 9.59 Å². The Morgan fingerprint density at radius 2 is 1.78 bits per heavy atom. The van der Waals surface area contributed by atoms with Crippen LogP contribution in [0.1, 0.15) is 64.7 Å². The first-order chi connectivity index (χ1) is 13.0. The van der Waals surface area contributed by atoms with E-state index in [1.54, 1.807) is 0 Å². The van der Waals surface area contributed by atoms with Gasteiger partial charge in [-0.25, -0.2) is 4.79 Å². The number of nitrogens with one attached hydrogen (secondary N) is 1. The summed E-state index contributed by atoms with van der Waals surface area (Å²) in [5.41, 5.74) is 0. The van der Waals surface area contributed by atoms with Crippen molar-refractivity contribution in [3.8, 4) is 0 Å². The third kappa shape index (κ3) is 5.81. The number of thioether (sulfide) groups is 1. The highest BCUT2D eigenvalue weighted by Crippen LogP contribution is 2.33. The second-order valence-electron chi connectivity index (χ2n) is 7.60. The van der Waals surface area contributed by atoms with Gasteiger partial charge in [-0.1, -0.05) is 49.3 Å². The summed E-state index contributed by atoms with van der Waals surface area (Å²) in [5.74, 6) is -0.206. The van der Waals surface area contributed by atoms with E-state index in [0.29, 0.717) is 21.6 Å². The highest BCUT2D eigenvalue weighted by Gasteiger charge is 2.34. The number of carbonyl (C=O) groups is 2. The lowest BCUT2D eigenvalue weighted by Gasteiger charge is -2.42. The van der Waals surface area contributed by atoms with Crippen molar-refractivity contribution in [1.82, 2.24) is 15.1 Å². The zero-order chi connectivity index (χ0) is 19.2. The number of carboxylic acid groups (broad SMARTS) is 1. The fraction of sp³-hybridized carbons (Fsp3) is 0.778. The van der Waals surface area contributed by atoms with E-state index in [1.165, 1.54) is 43.4 Å². The van der Waals surface area contributed by atoms with Gasteiger partial charge in [-0.15, -0.1) is 10.2 Å². The van der Waals surface area contributed by atoms with Crippen LogP contribution in [0.5, 0.6) is 0 Å². The Hall–Kier alpha value is -1.35. The number of carbonyl (C=O) groups excluding carboxylic acids is 1. The molecule has 2 saturated carbocycles. The first-order valence-corrected chi connectivity index (χ1v) is 11.6. The molecule has 0 unspecified atom stereocenters. The molecule has 2 amide bonds. The fourth-order valence-electron chi connectivity index (χ4n) is 4.11. The number of anilines is 1. The minimum atomic E-state index is -0.893. The fourth-order valence-corrected chi connectivity index (χ4v) is 5.57. The summed E-state index contributed by atoms with van der Waals surface area (Å²) in [7, 11) is 0. The van der Waals surface area contributed by atoms with Crippen molar-refractivity contribution >= 4 is 40.2 Å². The van der Waals surface area contributed by atoms with Crippen LogP contribution in [0.3, 0.4) is 0 Å². The zero-order valence-electron chi connectivity index (χ0n) is 15.7. The number of hydrogen-bond acceptors (Lipinski definition) is 6. The Balaban J connectivity index is 1.66. The number of rotatable bonds is 6. The van der Waals surface area contributed by atoms with Gasteiger partial charge in [0.1, 0.15) is 0 Å². The standard InChI is InChI=1S/C18H28N4O3S2/c1-12-7-9-14(10-8-12)22(13-5-3-2-4-6-13)17(25)19-16-20-21-18(27-16)26-11-15(23)24/h12-14H,2-11H2,1H3,(H,23,24)(H,19,20,25). The molecule has 2 aliphatic rings. The van der Waals surface area contributed by atoms with E-state index >= 15 is 0 Å². The zero-order valence-corrected chi connectivity index (χ0v) is 17.4. The van der Waals surface area contributed by atoms with Crippen LogP contribution < -0.4 is 5.32 Å². The summed E-state index contributed by atoms with van der Waals surface area (Å²) in [6.07, 6.45) is 10.3. The monoisotopic (exact) mass is 412 g/mol. The summed E-state index contributed by atoms with van der Waals surface area (Å²) in [6.45, 7) is 2.29. The van der Waals surface area contributed by atoms with Gasteiger partial charge in [-0.2, -0.15) is 0 Å². The predicted molar refractivity (Wildman–Crippen MR) is 107 cm³/mol. The maximum absolute atomic E-state index is 13.1. The average molecular weight is 413 g/mol. The minimum absolute atomic E-state index is 0.0585. The third-order valence-corrected chi connectivity index (χ3v) is 7.48. The average Bonchev–Trinajstić information content (AvgIpc) is 3.10. The Labute approximate surface area is 168 Å². The third-order valence-electron chi connectivity index (χ3n) is 5.52. The topological polar surface area (TPSA) is 95.4 Å². The quantitative estimate of drug-likeness (QED) is 0.529. The van der Waals surface area contributed by atoms with Crippen molar-refractivity contribution in [2.24, 2.45) is 5.92 Å². The van der Waals surface area contributed by atoms with E-state index in [0.717, 1.165) is 43.4 Å². The molecule has 2 N–H and O–H groups in total. The Morgan fingerprint density at radius 3 is 2.44 bits per heavy atom. The molecular formula is C18H28N4O3S2. The molecule has 0 atom stereocenters. The predicted octanol–water partition coefficient (Wildman–Crippen LogP) is 4.46. The highest BCUT2D eigenvalue weighted by atomic mass is 32.2. The van der Waals surface area contributed by atoms with E-state index < -0.39 is 5.97 Å². The lowest BCUT2D eigenvalue weighted by molar-refractivity contribution is -0.133. The summed E-state index contributed by atoms with van der Waals surface area (Å²) in [6, 6.07) is 0.538. The number of aliphatic carboxylic acids is 1. The van der Waals surface area contributed by atoms with Crippen LogP contribution >= 0.6 is 23.1 Å². The lowest BCUT2D eigenvalue weighted by Crippen LogP contribution is -2.51. The lowest BCUT2D eigenvalue weighted by atomic mass is 9.84. The van der Waals surface area contributed by atoms with Gasteiger partial charge in [-0.3, -0.25) is 10.1 Å². The van der Waals surface area contributed by atoms with Gasteiger partial charge in [0.2, 0.25) is 5.13 Å². The van der Waals surface area contributed by atoms with Gasteiger partial charge in [0.15, 0.2) is 4.34 Å². The molecule has 150 valence electrons. The van der Waals surface area contributed by atoms with E-state index in [1.807, 2.05) is 0 Å². The molecule has 0 bridgehead atoms. The van der Waals surface area contributed by atoms with Crippen LogP contribution in [0.2, 0.25) is 0 Å². The van der Waals surface area contributed by atoms with Crippen molar-refractivity contribution < 1.29 is 14.7 Å². The summed E-state index contributed by atoms with van der Waals surface area (Å²) in [5, 5.41) is 20.1. The Kier molecular flexibility index (Phi) is 7.34. The van der Waals surface area contributed by atoms with Crippen LogP contribution in [-0.2, 0) is 4.79 Å². The second-order valence-corrected chi connectivity index (χ2v) is 9.80. The first-order valence-electron chi connectivity index (χ1n) is 9.80. The van der Waals surface area contributed by atoms with Crippen LogP contribution in [0.15, 0.2) is 4.34 Å². The first kappa shape index (κ1) is 20.4. The second kappa shape index (κ2) is 9.73. The van der Waals surface area contributed by atoms with Gasteiger partial charge in [0.25, 0.3) is 0 Å². The van der Waals surface area contributed by atoms with E-state index in [-0.39, 0.29) is 11.8 Å². The van der Waals surface area contributed by atoms with Crippen LogP contribution in [0, 0.1) is 5.92 Å². The normalized spacial score (nSPS) is 23.7. The molecule has 7 nitrogen and oxygen atoms in total. The maximum atomic E-state index is 13.1. The van der Waals surface area contributed by atoms with Gasteiger partial charge in [0.05, 0.1) is 5.75 Å². The molecule has 2 fully saturated rings. The SMILES string of the molecule is CC1CCC(N(C(=O)Nc2nnc(SCC(=O)O)s2)C2CCCCC2)CC1. The minimum Gasteiger partial charge on any atom is -0.481 e. The van der Waals surface area contributed by atoms with Crippen molar-refractivity contribution in [2.75, 3.05) is 11.1 Å². The van der Waals surface area contributed by atoms with Crippen molar-refractivity contribution in [3.63, 3.8) is 0 Å². The van der Waals surface area contributed by atoms with E-state index in [2.05, 4.69) is 27.3 Å². The van der Waals surface area contributed by atoms with Crippen LogP contribution in [-0.4, -0.2) is 50.0 Å². The smallest absolute Gasteiger partial charge is 0.324 e. The molecular weight excluding hydrogens is 384 g/mol. The Morgan fingerprint density at radius 1 is 1.11 bits per heavy atom. The number of hydrogen-bond donors (Lipinski definition) is 2. The van der Waals surface area contributed by atoms with Crippen LogP contribution in [0.25, 0.3) is 0 Å². The van der Waals surface area contributed by atoms with Gasteiger partial charge in [0, 0.05) is 12.1 Å². The number of urea groups is 1. The van der Waals surface area contributed by atoms with Crippen molar-refractivity contribution in [3.05, 3.63) is 0 Å². The van der Waals surface area contributed by atoms with E-state index in [4.69, 9.17) is 5.11 Å². The highest BCUT2D eigenvalue weighted by molar-refractivity contribution is 8.01. The van der Waals surface area contributed by atoms with Gasteiger partial charge >= 0.3 is 12.0 Å². The molecule has 0 radical (unpaired) electrons. The molecule has 27 heavy (non-hydrogen) atoms. The number of carboxylic acids is 1. The summed E-state index contributed by atoms with van der Waals surface area (Å²) >= 11 is 2.35. The molecule has 0 saturated heterocycles.